The van der Waals surface area contributed by atoms with E-state index in [1.54, 1.807) is 0 Å². The van der Waals surface area contributed by atoms with Crippen LogP contribution < -0.4 is 14.7 Å². The summed E-state index contributed by atoms with van der Waals surface area (Å²) in [6.45, 7) is 6.35. The Kier molecular flexibility index (Phi) is 7.56. The number of hydrogen-bond donors (Lipinski definition) is 0. The van der Waals surface area contributed by atoms with Crippen molar-refractivity contribution in [1.29, 1.82) is 0 Å². The monoisotopic (exact) mass is 481 g/mol. The van der Waals surface area contributed by atoms with Crippen LogP contribution in [-0.4, -0.2) is 48.4 Å². The quantitative estimate of drug-likeness (QED) is 0.246. The van der Waals surface area contributed by atoms with Crippen molar-refractivity contribution >= 4 is 27.8 Å². The summed E-state index contributed by atoms with van der Waals surface area (Å²) in [6.07, 6.45) is 0. The SMILES string of the molecule is CCN(CC)c1ccc(C(OC)(c2ccc(N(C)C)cc2)c2cccc(N(C)C)c2)c2ccccc12. The molecular formula is C32H39N3O. The Balaban J connectivity index is 2.07. The lowest BCUT2D eigenvalue weighted by molar-refractivity contribution is 0.0598. The highest BCUT2D eigenvalue weighted by atomic mass is 16.5. The molecule has 0 aliphatic rings. The third-order valence-electron chi connectivity index (χ3n) is 7.25. The molecule has 0 radical (unpaired) electrons. The minimum atomic E-state index is -0.780. The molecule has 0 saturated heterocycles. The second kappa shape index (κ2) is 10.6. The number of anilines is 3. The highest BCUT2D eigenvalue weighted by molar-refractivity contribution is 5.97. The van der Waals surface area contributed by atoms with Gasteiger partial charge in [0.05, 0.1) is 0 Å². The maximum Gasteiger partial charge on any atom is 0.144 e. The minimum Gasteiger partial charge on any atom is -0.378 e. The fraction of sp³-hybridized carbons (Fsp3) is 0.312. The summed E-state index contributed by atoms with van der Waals surface area (Å²) >= 11 is 0. The Hall–Kier alpha value is -3.50. The zero-order chi connectivity index (χ0) is 25.9. The summed E-state index contributed by atoms with van der Waals surface area (Å²) in [6, 6.07) is 30.7. The first-order valence-corrected chi connectivity index (χ1v) is 12.7. The summed E-state index contributed by atoms with van der Waals surface area (Å²) in [5.74, 6) is 0. The van der Waals surface area contributed by atoms with Crippen LogP contribution >= 0.6 is 0 Å². The van der Waals surface area contributed by atoms with E-state index in [0.29, 0.717) is 0 Å². The van der Waals surface area contributed by atoms with E-state index in [-0.39, 0.29) is 0 Å². The number of fused-ring (bicyclic) bond motifs is 1. The summed E-state index contributed by atoms with van der Waals surface area (Å²) in [5, 5.41) is 2.45. The van der Waals surface area contributed by atoms with Crippen LogP contribution in [0.4, 0.5) is 17.1 Å². The first kappa shape index (κ1) is 25.6. The number of ether oxygens (including phenoxy) is 1. The Bertz CT molecular complexity index is 1310. The molecule has 0 heterocycles. The Morgan fingerprint density at radius 3 is 1.86 bits per heavy atom. The van der Waals surface area contributed by atoms with Crippen LogP contribution in [-0.2, 0) is 10.3 Å². The molecule has 0 N–H and O–H groups in total. The van der Waals surface area contributed by atoms with Gasteiger partial charge in [0.1, 0.15) is 5.60 Å². The number of rotatable bonds is 9. The van der Waals surface area contributed by atoms with Gasteiger partial charge in [0.2, 0.25) is 0 Å². The van der Waals surface area contributed by atoms with E-state index < -0.39 is 5.60 Å². The Labute approximate surface area is 216 Å². The molecule has 0 amide bonds. The zero-order valence-electron chi connectivity index (χ0n) is 22.7. The molecule has 0 spiro atoms. The van der Waals surface area contributed by atoms with Gasteiger partial charge in [-0.1, -0.05) is 54.6 Å². The zero-order valence-corrected chi connectivity index (χ0v) is 22.7. The van der Waals surface area contributed by atoms with Crippen LogP contribution in [0, 0.1) is 0 Å². The van der Waals surface area contributed by atoms with Crippen molar-refractivity contribution in [2.45, 2.75) is 19.4 Å². The van der Waals surface area contributed by atoms with E-state index >= 15 is 0 Å². The smallest absolute Gasteiger partial charge is 0.144 e. The summed E-state index contributed by atoms with van der Waals surface area (Å²) in [4.78, 5) is 6.68. The van der Waals surface area contributed by atoms with Crippen LogP contribution in [0.5, 0.6) is 0 Å². The molecule has 0 aliphatic carbocycles. The van der Waals surface area contributed by atoms with Gasteiger partial charge in [-0.05, 0) is 60.7 Å². The van der Waals surface area contributed by atoms with Gasteiger partial charge in [0.25, 0.3) is 0 Å². The fourth-order valence-corrected chi connectivity index (χ4v) is 5.25. The van der Waals surface area contributed by atoms with Crippen LogP contribution in [0.15, 0.2) is 84.9 Å². The van der Waals surface area contributed by atoms with Crippen LogP contribution in [0.25, 0.3) is 10.8 Å². The molecule has 0 saturated carbocycles. The number of hydrogen-bond acceptors (Lipinski definition) is 4. The van der Waals surface area contributed by atoms with E-state index in [2.05, 4.69) is 142 Å². The topological polar surface area (TPSA) is 19.0 Å². The van der Waals surface area contributed by atoms with Gasteiger partial charge >= 0.3 is 0 Å². The lowest BCUT2D eigenvalue weighted by atomic mass is 9.77. The first-order chi connectivity index (χ1) is 17.4. The van der Waals surface area contributed by atoms with Gasteiger partial charge in [0.15, 0.2) is 0 Å². The molecule has 0 fully saturated rings. The number of benzene rings is 4. The largest absolute Gasteiger partial charge is 0.378 e. The van der Waals surface area contributed by atoms with Crippen LogP contribution in [0.3, 0.4) is 0 Å². The first-order valence-electron chi connectivity index (χ1n) is 12.7. The lowest BCUT2D eigenvalue weighted by Gasteiger charge is -2.37. The molecule has 0 aliphatic heterocycles. The van der Waals surface area contributed by atoms with Gasteiger partial charge < -0.3 is 19.4 Å². The predicted octanol–water partition coefficient (Wildman–Crippen LogP) is 6.76. The molecule has 4 heteroatoms. The maximum absolute atomic E-state index is 6.65. The molecule has 188 valence electrons. The van der Waals surface area contributed by atoms with E-state index in [0.717, 1.165) is 41.2 Å². The van der Waals surface area contributed by atoms with E-state index in [4.69, 9.17) is 4.74 Å². The molecule has 36 heavy (non-hydrogen) atoms. The molecule has 0 aromatic heterocycles. The summed E-state index contributed by atoms with van der Waals surface area (Å²) < 4.78 is 6.65. The standard InChI is InChI=1S/C32H39N3O/c1-8-35(9-2)31-22-21-30(28-15-10-11-16-29(28)31)32(36-7,24-17-19-26(20-18-24)33(3)4)25-13-12-14-27(23-25)34(5)6/h10-23H,8-9H2,1-7H3. The average Bonchev–Trinajstić information content (AvgIpc) is 2.91. The third kappa shape index (κ3) is 4.42. The predicted molar refractivity (Wildman–Crippen MR) is 156 cm³/mol. The molecule has 4 nitrogen and oxygen atoms in total. The molecule has 1 atom stereocenters. The Morgan fingerprint density at radius 1 is 0.639 bits per heavy atom. The van der Waals surface area contributed by atoms with Crippen LogP contribution in [0.2, 0.25) is 0 Å². The summed E-state index contributed by atoms with van der Waals surface area (Å²) in [7, 11) is 10.1. The van der Waals surface area contributed by atoms with Gasteiger partial charge in [-0.3, -0.25) is 0 Å². The van der Waals surface area contributed by atoms with Crippen molar-refractivity contribution in [3.8, 4) is 0 Å². The van der Waals surface area contributed by atoms with Gasteiger partial charge in [-0.2, -0.15) is 0 Å². The normalized spacial score (nSPS) is 12.9. The van der Waals surface area contributed by atoms with Crippen molar-refractivity contribution < 1.29 is 4.74 Å². The maximum atomic E-state index is 6.65. The van der Waals surface area contributed by atoms with Crippen molar-refractivity contribution in [3.63, 3.8) is 0 Å². The van der Waals surface area contributed by atoms with Gasteiger partial charge in [0, 0.05) is 76.4 Å². The fourth-order valence-electron chi connectivity index (χ4n) is 5.25. The van der Waals surface area contributed by atoms with Crippen molar-refractivity contribution in [3.05, 3.63) is 102 Å². The van der Waals surface area contributed by atoms with Crippen molar-refractivity contribution in [2.75, 3.05) is 63.1 Å². The summed E-state index contributed by atoms with van der Waals surface area (Å²) in [5.41, 5.74) is 6.13. The Morgan fingerprint density at radius 2 is 1.28 bits per heavy atom. The molecule has 4 aromatic rings. The third-order valence-corrected chi connectivity index (χ3v) is 7.25. The van der Waals surface area contributed by atoms with Crippen LogP contribution in [0.1, 0.15) is 30.5 Å². The second-order valence-corrected chi connectivity index (χ2v) is 9.62. The van der Waals surface area contributed by atoms with E-state index in [9.17, 15) is 0 Å². The number of methoxy groups -OCH3 is 1. The molecular weight excluding hydrogens is 442 g/mol. The highest BCUT2D eigenvalue weighted by Crippen LogP contribution is 2.45. The molecule has 1 unspecified atom stereocenters. The minimum absolute atomic E-state index is 0.780. The highest BCUT2D eigenvalue weighted by Gasteiger charge is 2.38. The molecule has 4 aromatic carbocycles. The van der Waals surface area contributed by atoms with Gasteiger partial charge in [-0.15, -0.1) is 0 Å². The molecule has 0 bridgehead atoms. The van der Waals surface area contributed by atoms with Gasteiger partial charge in [-0.25, -0.2) is 0 Å². The average molecular weight is 482 g/mol. The number of nitrogens with zero attached hydrogens (tertiary/aromatic N) is 3. The van der Waals surface area contributed by atoms with E-state index in [1.807, 2.05) is 7.11 Å². The van der Waals surface area contributed by atoms with E-state index in [1.165, 1.54) is 16.5 Å². The van der Waals surface area contributed by atoms with Crippen molar-refractivity contribution in [1.82, 2.24) is 0 Å². The molecule has 4 rings (SSSR count). The second-order valence-electron chi connectivity index (χ2n) is 9.62. The van der Waals surface area contributed by atoms with Crippen molar-refractivity contribution in [2.24, 2.45) is 0 Å². The lowest BCUT2D eigenvalue weighted by Crippen LogP contribution is -2.32.